The zero-order chi connectivity index (χ0) is 12.8. The van der Waals surface area contributed by atoms with E-state index in [-0.39, 0.29) is 5.91 Å². The quantitative estimate of drug-likeness (QED) is 0.801. The molecular formula is C14H20N2OS. The number of amides is 1. The van der Waals surface area contributed by atoms with Gasteiger partial charge >= 0.3 is 0 Å². The van der Waals surface area contributed by atoms with Crippen molar-refractivity contribution in [2.75, 3.05) is 23.8 Å². The number of aryl methyl sites for hydroxylation is 1. The third kappa shape index (κ3) is 4.26. The van der Waals surface area contributed by atoms with Crippen LogP contribution in [0.15, 0.2) is 24.3 Å². The number of benzene rings is 1. The van der Waals surface area contributed by atoms with Gasteiger partial charge in [0.15, 0.2) is 0 Å². The second kappa shape index (κ2) is 6.69. The lowest BCUT2D eigenvalue weighted by Gasteiger charge is -2.10. The zero-order valence-electron chi connectivity index (χ0n) is 10.5. The van der Waals surface area contributed by atoms with Crippen molar-refractivity contribution in [1.29, 1.82) is 0 Å². The van der Waals surface area contributed by atoms with Gasteiger partial charge in [-0.25, -0.2) is 0 Å². The van der Waals surface area contributed by atoms with Gasteiger partial charge in [-0.1, -0.05) is 12.1 Å². The number of nitrogen functional groups attached to an aromatic ring is 1. The maximum atomic E-state index is 11.7. The second-order valence-corrected chi connectivity index (χ2v) is 5.93. The highest BCUT2D eigenvalue weighted by Gasteiger charge is 2.15. The first kappa shape index (κ1) is 13.3. The van der Waals surface area contributed by atoms with Crippen LogP contribution < -0.4 is 11.1 Å². The summed E-state index contributed by atoms with van der Waals surface area (Å²) in [6, 6.07) is 7.72. The summed E-state index contributed by atoms with van der Waals surface area (Å²) in [5.74, 6) is 3.27. The van der Waals surface area contributed by atoms with Gasteiger partial charge in [0.2, 0.25) is 5.91 Å². The van der Waals surface area contributed by atoms with Crippen LogP contribution >= 0.6 is 11.8 Å². The van der Waals surface area contributed by atoms with Crippen LogP contribution in [0.25, 0.3) is 0 Å². The lowest BCUT2D eigenvalue weighted by molar-refractivity contribution is -0.121. The maximum absolute atomic E-state index is 11.7. The molecule has 0 radical (unpaired) electrons. The van der Waals surface area contributed by atoms with Crippen LogP contribution in [-0.4, -0.2) is 24.0 Å². The van der Waals surface area contributed by atoms with Gasteiger partial charge < -0.3 is 11.1 Å². The van der Waals surface area contributed by atoms with Gasteiger partial charge in [-0.15, -0.1) is 0 Å². The Morgan fingerprint density at radius 1 is 1.39 bits per heavy atom. The average Bonchev–Trinajstić information content (AvgIpc) is 2.89. The molecule has 1 unspecified atom stereocenters. The summed E-state index contributed by atoms with van der Waals surface area (Å²) in [5.41, 5.74) is 7.55. The van der Waals surface area contributed by atoms with E-state index in [1.54, 1.807) is 0 Å². The van der Waals surface area contributed by atoms with Crippen molar-refractivity contribution in [3.05, 3.63) is 29.8 Å². The highest BCUT2D eigenvalue weighted by atomic mass is 32.2. The smallest absolute Gasteiger partial charge is 0.220 e. The third-order valence-electron chi connectivity index (χ3n) is 3.23. The lowest BCUT2D eigenvalue weighted by Crippen LogP contribution is -2.29. The highest BCUT2D eigenvalue weighted by Crippen LogP contribution is 2.22. The van der Waals surface area contributed by atoms with Crippen molar-refractivity contribution in [3.63, 3.8) is 0 Å². The SMILES string of the molecule is Nc1ccc(CCC(=O)NCC2CCSC2)cc1. The molecule has 2 rings (SSSR count). The number of hydrogen-bond acceptors (Lipinski definition) is 3. The molecule has 1 aliphatic rings. The number of nitrogens with one attached hydrogen (secondary N) is 1. The summed E-state index contributed by atoms with van der Waals surface area (Å²) >= 11 is 1.98. The van der Waals surface area contributed by atoms with Crippen LogP contribution in [-0.2, 0) is 11.2 Å². The second-order valence-electron chi connectivity index (χ2n) is 4.78. The van der Waals surface area contributed by atoms with Crippen LogP contribution in [0.1, 0.15) is 18.4 Å². The Kier molecular flexibility index (Phi) is 4.93. The van der Waals surface area contributed by atoms with Gasteiger partial charge in [0, 0.05) is 18.7 Å². The molecule has 3 nitrogen and oxygen atoms in total. The lowest BCUT2D eigenvalue weighted by atomic mass is 10.1. The number of thioether (sulfide) groups is 1. The van der Waals surface area contributed by atoms with Crippen molar-refractivity contribution in [1.82, 2.24) is 5.32 Å². The van der Waals surface area contributed by atoms with Crippen LogP contribution in [0.2, 0.25) is 0 Å². The summed E-state index contributed by atoms with van der Waals surface area (Å²) in [6.07, 6.45) is 2.58. The largest absolute Gasteiger partial charge is 0.399 e. The summed E-state index contributed by atoms with van der Waals surface area (Å²) in [5, 5.41) is 3.03. The topological polar surface area (TPSA) is 55.1 Å². The standard InChI is InChI=1S/C14H20N2OS/c15-13-4-1-11(2-5-13)3-6-14(17)16-9-12-7-8-18-10-12/h1-2,4-5,12H,3,6-10,15H2,(H,16,17). The van der Waals surface area contributed by atoms with E-state index in [0.29, 0.717) is 12.3 Å². The normalized spacial score (nSPS) is 18.8. The molecule has 1 amide bonds. The number of rotatable bonds is 5. The fourth-order valence-corrected chi connectivity index (χ4v) is 3.32. The summed E-state index contributed by atoms with van der Waals surface area (Å²) in [6.45, 7) is 0.841. The fraction of sp³-hybridized carbons (Fsp3) is 0.500. The van der Waals surface area contributed by atoms with E-state index in [1.165, 1.54) is 17.9 Å². The van der Waals surface area contributed by atoms with Crippen molar-refractivity contribution in [2.45, 2.75) is 19.3 Å². The van der Waals surface area contributed by atoms with E-state index in [1.807, 2.05) is 36.0 Å². The molecule has 0 aliphatic carbocycles. The monoisotopic (exact) mass is 264 g/mol. The van der Waals surface area contributed by atoms with Gasteiger partial charge in [0.25, 0.3) is 0 Å². The van der Waals surface area contributed by atoms with E-state index in [9.17, 15) is 4.79 Å². The Balaban J connectivity index is 1.66. The Morgan fingerprint density at radius 3 is 2.83 bits per heavy atom. The number of anilines is 1. The predicted molar refractivity (Wildman–Crippen MR) is 77.6 cm³/mol. The van der Waals surface area contributed by atoms with Gasteiger partial charge in [-0.2, -0.15) is 11.8 Å². The molecule has 0 saturated carbocycles. The van der Waals surface area contributed by atoms with Gasteiger partial charge in [0.1, 0.15) is 0 Å². The minimum absolute atomic E-state index is 0.156. The first-order valence-corrected chi connectivity index (χ1v) is 7.58. The molecule has 4 heteroatoms. The number of carbonyl (C=O) groups excluding carboxylic acids is 1. The van der Waals surface area contributed by atoms with E-state index < -0.39 is 0 Å². The molecule has 1 saturated heterocycles. The fourth-order valence-electron chi connectivity index (χ4n) is 2.03. The first-order valence-electron chi connectivity index (χ1n) is 6.43. The Bertz CT molecular complexity index is 385. The van der Waals surface area contributed by atoms with Crippen LogP contribution in [0, 0.1) is 5.92 Å². The third-order valence-corrected chi connectivity index (χ3v) is 4.46. The molecule has 1 aliphatic heterocycles. The van der Waals surface area contributed by atoms with E-state index in [0.717, 1.165) is 24.2 Å². The van der Waals surface area contributed by atoms with Crippen molar-refractivity contribution >= 4 is 23.4 Å². The Labute approximate surface area is 113 Å². The molecule has 1 heterocycles. The zero-order valence-corrected chi connectivity index (χ0v) is 11.3. The average molecular weight is 264 g/mol. The van der Waals surface area contributed by atoms with Crippen molar-refractivity contribution < 1.29 is 4.79 Å². The summed E-state index contributed by atoms with van der Waals surface area (Å²) in [4.78, 5) is 11.7. The molecule has 0 bridgehead atoms. The van der Waals surface area contributed by atoms with E-state index in [4.69, 9.17) is 5.73 Å². The Hall–Kier alpha value is -1.16. The van der Waals surface area contributed by atoms with Crippen molar-refractivity contribution in [2.24, 2.45) is 5.92 Å². The number of carbonyl (C=O) groups is 1. The highest BCUT2D eigenvalue weighted by molar-refractivity contribution is 7.99. The first-order chi connectivity index (χ1) is 8.74. The predicted octanol–water partition coefficient (Wildman–Crippen LogP) is 2.07. The van der Waals surface area contributed by atoms with Gasteiger partial charge in [0.05, 0.1) is 0 Å². The minimum atomic E-state index is 0.156. The van der Waals surface area contributed by atoms with E-state index >= 15 is 0 Å². The minimum Gasteiger partial charge on any atom is -0.399 e. The van der Waals surface area contributed by atoms with Crippen LogP contribution in [0.3, 0.4) is 0 Å². The van der Waals surface area contributed by atoms with Gasteiger partial charge in [-0.3, -0.25) is 4.79 Å². The molecule has 18 heavy (non-hydrogen) atoms. The Morgan fingerprint density at radius 2 is 2.17 bits per heavy atom. The molecule has 1 atom stereocenters. The molecule has 98 valence electrons. The van der Waals surface area contributed by atoms with E-state index in [2.05, 4.69) is 5.32 Å². The maximum Gasteiger partial charge on any atom is 0.220 e. The molecule has 1 aromatic rings. The summed E-state index contributed by atoms with van der Waals surface area (Å²) in [7, 11) is 0. The van der Waals surface area contributed by atoms with Crippen molar-refractivity contribution in [3.8, 4) is 0 Å². The molecule has 1 fully saturated rings. The number of hydrogen-bond donors (Lipinski definition) is 2. The molecule has 0 spiro atoms. The number of nitrogens with two attached hydrogens (primary N) is 1. The molecule has 1 aromatic carbocycles. The van der Waals surface area contributed by atoms with Crippen LogP contribution in [0.4, 0.5) is 5.69 Å². The van der Waals surface area contributed by atoms with Gasteiger partial charge in [-0.05, 0) is 48.0 Å². The van der Waals surface area contributed by atoms with Crippen LogP contribution in [0.5, 0.6) is 0 Å². The molecule has 3 N–H and O–H groups in total. The molecule has 0 aromatic heterocycles. The summed E-state index contributed by atoms with van der Waals surface area (Å²) < 4.78 is 0. The molecular weight excluding hydrogens is 244 g/mol.